The van der Waals surface area contributed by atoms with Gasteiger partial charge in [0.25, 0.3) is 0 Å². The first-order valence-corrected chi connectivity index (χ1v) is 9.57. The van der Waals surface area contributed by atoms with Crippen molar-refractivity contribution in [3.05, 3.63) is 22.2 Å². The molecule has 1 aliphatic rings. The zero-order valence-corrected chi connectivity index (χ0v) is 15.6. The molecule has 2 rings (SSSR count). The van der Waals surface area contributed by atoms with Crippen molar-refractivity contribution in [2.75, 3.05) is 13.1 Å². The van der Waals surface area contributed by atoms with Gasteiger partial charge in [0.05, 0.1) is 16.6 Å². The van der Waals surface area contributed by atoms with Gasteiger partial charge < -0.3 is 10.2 Å². The van der Waals surface area contributed by atoms with Crippen molar-refractivity contribution >= 4 is 29.2 Å². The summed E-state index contributed by atoms with van der Waals surface area (Å²) in [6.45, 7) is 7.31. The van der Waals surface area contributed by atoms with E-state index in [2.05, 4.69) is 17.2 Å². The molecule has 1 N–H and O–H groups in total. The van der Waals surface area contributed by atoms with Crippen LogP contribution in [0.25, 0.3) is 6.08 Å². The summed E-state index contributed by atoms with van der Waals surface area (Å²) in [7, 11) is 0. The smallest absolute Gasteiger partial charge is 0.246 e. The number of aromatic nitrogens is 1. The van der Waals surface area contributed by atoms with Crippen LogP contribution in [0.3, 0.4) is 0 Å². The van der Waals surface area contributed by atoms with E-state index >= 15 is 0 Å². The first-order chi connectivity index (χ1) is 11.5. The molecule has 2 atom stereocenters. The van der Waals surface area contributed by atoms with Crippen molar-refractivity contribution in [2.24, 2.45) is 5.92 Å². The molecule has 1 aliphatic heterocycles. The Kier molecular flexibility index (Phi) is 6.97. The molecule has 1 saturated heterocycles. The normalized spacial score (nSPS) is 19.5. The Bertz CT molecular complexity index is 597. The third-order valence-corrected chi connectivity index (χ3v) is 5.04. The molecular formula is C18H27N3O2S. The zero-order valence-electron chi connectivity index (χ0n) is 14.7. The fourth-order valence-electron chi connectivity index (χ4n) is 2.98. The van der Waals surface area contributed by atoms with Crippen LogP contribution in [0.1, 0.15) is 50.2 Å². The summed E-state index contributed by atoms with van der Waals surface area (Å²) in [6.07, 6.45) is 7.07. The highest BCUT2D eigenvalue weighted by atomic mass is 32.1. The number of rotatable bonds is 6. The van der Waals surface area contributed by atoms with E-state index in [1.165, 1.54) is 0 Å². The summed E-state index contributed by atoms with van der Waals surface area (Å²) in [5.41, 5.74) is 0.811. The molecule has 1 fully saturated rings. The van der Waals surface area contributed by atoms with Gasteiger partial charge in [0, 0.05) is 30.6 Å². The second-order valence-corrected chi connectivity index (χ2v) is 7.51. The lowest BCUT2D eigenvalue weighted by Crippen LogP contribution is -2.46. The molecule has 0 radical (unpaired) electrons. The molecule has 0 unspecified atom stereocenters. The van der Waals surface area contributed by atoms with Gasteiger partial charge >= 0.3 is 0 Å². The monoisotopic (exact) mass is 349 g/mol. The van der Waals surface area contributed by atoms with Gasteiger partial charge in [-0.1, -0.05) is 13.3 Å². The van der Waals surface area contributed by atoms with E-state index in [-0.39, 0.29) is 23.8 Å². The molecule has 24 heavy (non-hydrogen) atoms. The molecule has 132 valence electrons. The summed E-state index contributed by atoms with van der Waals surface area (Å²) in [5.74, 6) is -0.0655. The van der Waals surface area contributed by atoms with Gasteiger partial charge in [0.15, 0.2) is 0 Å². The summed E-state index contributed by atoms with van der Waals surface area (Å²) >= 11 is 1.57. The van der Waals surface area contributed by atoms with Crippen molar-refractivity contribution in [2.45, 2.75) is 52.5 Å². The number of carbonyl (C=O) groups excluding carboxylic acids is 2. The van der Waals surface area contributed by atoms with E-state index in [0.29, 0.717) is 13.1 Å². The number of hydrogen-bond donors (Lipinski definition) is 1. The SMILES string of the molecule is CCC[C@H](C)NC(=O)[C@@H]1CCCN(C(=O)/C=C/c2csc(C)n2)C1. The predicted octanol–water partition coefficient (Wildman–Crippen LogP) is 3.01. The van der Waals surface area contributed by atoms with Crippen molar-refractivity contribution < 1.29 is 9.59 Å². The van der Waals surface area contributed by atoms with Gasteiger partial charge in [0.2, 0.25) is 11.8 Å². The number of hydrogen-bond acceptors (Lipinski definition) is 4. The Morgan fingerprint density at radius 1 is 1.54 bits per heavy atom. The van der Waals surface area contributed by atoms with Crippen LogP contribution >= 0.6 is 11.3 Å². The third-order valence-electron chi connectivity index (χ3n) is 4.25. The van der Waals surface area contributed by atoms with Gasteiger partial charge in [-0.15, -0.1) is 11.3 Å². The summed E-state index contributed by atoms with van der Waals surface area (Å²) in [4.78, 5) is 30.8. The second kappa shape index (κ2) is 8.97. The lowest BCUT2D eigenvalue weighted by Gasteiger charge is -2.32. The maximum Gasteiger partial charge on any atom is 0.246 e. The Balaban J connectivity index is 1.88. The third kappa shape index (κ3) is 5.44. The van der Waals surface area contributed by atoms with Crippen molar-refractivity contribution in [3.8, 4) is 0 Å². The van der Waals surface area contributed by atoms with Crippen LogP contribution in [0.5, 0.6) is 0 Å². The lowest BCUT2D eigenvalue weighted by molar-refractivity contribution is -0.132. The Hall–Kier alpha value is -1.69. The minimum atomic E-state index is -0.100. The van der Waals surface area contributed by atoms with E-state index in [1.54, 1.807) is 28.4 Å². The number of aryl methyl sites for hydroxylation is 1. The molecule has 5 nitrogen and oxygen atoms in total. The van der Waals surface area contributed by atoms with Gasteiger partial charge in [-0.3, -0.25) is 9.59 Å². The molecule has 0 bridgehead atoms. The number of nitrogens with one attached hydrogen (secondary N) is 1. The highest BCUT2D eigenvalue weighted by Gasteiger charge is 2.28. The number of likely N-dealkylation sites (tertiary alicyclic amines) is 1. The number of piperidine rings is 1. The molecule has 0 aromatic carbocycles. The van der Waals surface area contributed by atoms with Crippen LogP contribution in [-0.4, -0.2) is 40.8 Å². The summed E-state index contributed by atoms with van der Waals surface area (Å²) in [5, 5.41) is 5.98. The van der Waals surface area contributed by atoms with E-state index in [4.69, 9.17) is 0 Å². The Morgan fingerprint density at radius 3 is 3.00 bits per heavy atom. The van der Waals surface area contributed by atoms with Crippen LogP contribution in [0.15, 0.2) is 11.5 Å². The Labute approximate surface area is 148 Å². The highest BCUT2D eigenvalue weighted by Crippen LogP contribution is 2.18. The van der Waals surface area contributed by atoms with Crippen molar-refractivity contribution in [1.82, 2.24) is 15.2 Å². The number of amides is 2. The van der Waals surface area contributed by atoms with Gasteiger partial charge in [-0.2, -0.15) is 0 Å². The van der Waals surface area contributed by atoms with Gasteiger partial charge in [-0.25, -0.2) is 4.98 Å². The van der Waals surface area contributed by atoms with Gasteiger partial charge in [0.1, 0.15) is 0 Å². The molecule has 6 heteroatoms. The first kappa shape index (κ1) is 18.6. The predicted molar refractivity (Wildman–Crippen MR) is 97.7 cm³/mol. The molecule has 2 amide bonds. The van der Waals surface area contributed by atoms with E-state index in [1.807, 2.05) is 19.2 Å². The van der Waals surface area contributed by atoms with Crippen LogP contribution in [0.4, 0.5) is 0 Å². The molecule has 0 saturated carbocycles. The average molecular weight is 350 g/mol. The first-order valence-electron chi connectivity index (χ1n) is 8.69. The van der Waals surface area contributed by atoms with Crippen molar-refractivity contribution in [3.63, 3.8) is 0 Å². The van der Waals surface area contributed by atoms with E-state index in [0.717, 1.165) is 36.4 Å². The number of thiazole rings is 1. The highest BCUT2D eigenvalue weighted by molar-refractivity contribution is 7.09. The maximum atomic E-state index is 12.4. The largest absolute Gasteiger partial charge is 0.353 e. The fourth-order valence-corrected chi connectivity index (χ4v) is 3.56. The number of carbonyl (C=O) groups is 2. The Morgan fingerprint density at radius 2 is 2.33 bits per heavy atom. The van der Waals surface area contributed by atoms with E-state index in [9.17, 15) is 9.59 Å². The minimum Gasteiger partial charge on any atom is -0.353 e. The lowest BCUT2D eigenvalue weighted by atomic mass is 9.96. The van der Waals surface area contributed by atoms with Crippen LogP contribution in [0, 0.1) is 12.8 Å². The molecule has 0 spiro atoms. The maximum absolute atomic E-state index is 12.4. The molecule has 1 aromatic rings. The molecule has 0 aliphatic carbocycles. The second-order valence-electron chi connectivity index (χ2n) is 6.45. The zero-order chi connectivity index (χ0) is 17.5. The summed E-state index contributed by atoms with van der Waals surface area (Å²) < 4.78 is 0. The van der Waals surface area contributed by atoms with Crippen LogP contribution < -0.4 is 5.32 Å². The van der Waals surface area contributed by atoms with Gasteiger partial charge in [-0.05, 0) is 39.2 Å². The van der Waals surface area contributed by atoms with Crippen LogP contribution in [0.2, 0.25) is 0 Å². The fraction of sp³-hybridized carbons (Fsp3) is 0.611. The average Bonchev–Trinajstić information content (AvgIpc) is 2.98. The van der Waals surface area contributed by atoms with E-state index < -0.39 is 0 Å². The quantitative estimate of drug-likeness (QED) is 0.803. The summed E-state index contributed by atoms with van der Waals surface area (Å²) in [6, 6.07) is 0.196. The molecule has 2 heterocycles. The standard InChI is InChI=1S/C18H27N3O2S/c1-4-6-13(2)19-18(23)15-7-5-10-21(11-15)17(22)9-8-16-12-24-14(3)20-16/h8-9,12-13,15H,4-7,10-11H2,1-3H3,(H,19,23)/b9-8+/t13-,15+/m0/s1. The minimum absolute atomic E-state index is 0.0419. The number of nitrogens with zero attached hydrogens (tertiary/aromatic N) is 2. The molecule has 1 aromatic heterocycles. The van der Waals surface area contributed by atoms with Crippen molar-refractivity contribution in [1.29, 1.82) is 0 Å². The van der Waals surface area contributed by atoms with Crippen LogP contribution in [-0.2, 0) is 9.59 Å². The molecular weight excluding hydrogens is 322 g/mol. The topological polar surface area (TPSA) is 62.3 Å².